The summed E-state index contributed by atoms with van der Waals surface area (Å²) in [4.78, 5) is 41.9. The monoisotopic (exact) mass is 537 g/mol. The molecule has 0 saturated carbocycles. The summed E-state index contributed by atoms with van der Waals surface area (Å²) >= 11 is 12.1. The van der Waals surface area contributed by atoms with Gasteiger partial charge >= 0.3 is 5.97 Å². The van der Waals surface area contributed by atoms with Crippen LogP contribution in [-0.2, 0) is 26.2 Å². The predicted octanol–water partition coefficient (Wildman–Crippen LogP) is 5.13. The van der Waals surface area contributed by atoms with Crippen molar-refractivity contribution in [2.75, 3.05) is 11.9 Å². The zero-order valence-electron chi connectivity index (χ0n) is 20.3. The second-order valence-electron chi connectivity index (χ2n) is 8.70. The number of halogens is 2. The van der Waals surface area contributed by atoms with E-state index in [0.29, 0.717) is 17.8 Å². The molecule has 0 fully saturated rings. The van der Waals surface area contributed by atoms with Crippen LogP contribution in [0, 0.1) is 0 Å². The summed E-state index contributed by atoms with van der Waals surface area (Å²) in [6.07, 6.45) is 4.53. The van der Waals surface area contributed by atoms with Gasteiger partial charge in [-0.2, -0.15) is 0 Å². The van der Waals surface area contributed by atoms with Gasteiger partial charge in [-0.3, -0.25) is 14.6 Å². The first-order valence-electron chi connectivity index (χ1n) is 11.7. The quantitative estimate of drug-likeness (QED) is 0.367. The van der Waals surface area contributed by atoms with E-state index in [1.165, 1.54) is 18.5 Å². The van der Waals surface area contributed by atoms with Crippen LogP contribution >= 0.6 is 23.2 Å². The third-order valence-electron chi connectivity index (χ3n) is 6.29. The fourth-order valence-corrected chi connectivity index (χ4v) is 4.67. The number of carbonyl (C=O) groups is 3. The summed E-state index contributed by atoms with van der Waals surface area (Å²) in [5.74, 6) is -0.908. The molecule has 1 heterocycles. The minimum absolute atomic E-state index is 0.0293. The van der Waals surface area contributed by atoms with Gasteiger partial charge in [0.25, 0.3) is 5.91 Å². The van der Waals surface area contributed by atoms with Crippen LogP contribution in [0.3, 0.4) is 0 Å². The minimum atomic E-state index is -0.852. The van der Waals surface area contributed by atoms with Crippen molar-refractivity contribution < 1.29 is 19.1 Å². The van der Waals surface area contributed by atoms with Gasteiger partial charge in [0.05, 0.1) is 27.6 Å². The lowest BCUT2D eigenvalue weighted by Gasteiger charge is -2.39. The molecule has 1 aliphatic carbocycles. The standard InChI is InChI=1S/C28H25Cl2N3O4/c1-3-37-27(36)22(33-23-14-24(34)28(23,2)18-7-5-4-6-8-18)13-17-9-11-19(12-10-17)32-26(35)25-20(29)15-31-16-21(25)30/h4-12,14-16,22,33H,3,13H2,1-2H3,(H,32,35). The van der Waals surface area contributed by atoms with Gasteiger partial charge in [0.1, 0.15) is 6.04 Å². The van der Waals surface area contributed by atoms with Crippen LogP contribution in [-0.4, -0.2) is 35.3 Å². The Bertz CT molecular complexity index is 1340. The second-order valence-corrected chi connectivity index (χ2v) is 9.51. The largest absolute Gasteiger partial charge is 0.464 e. The molecular formula is C28H25Cl2N3O4. The highest BCUT2D eigenvalue weighted by Crippen LogP contribution is 2.39. The number of carbonyl (C=O) groups excluding carboxylic acids is 3. The molecule has 1 aromatic heterocycles. The van der Waals surface area contributed by atoms with Crippen LogP contribution in [0.15, 0.2) is 78.8 Å². The number of ketones is 1. The molecule has 9 heteroatoms. The zero-order valence-corrected chi connectivity index (χ0v) is 21.8. The first-order valence-corrected chi connectivity index (χ1v) is 12.4. The van der Waals surface area contributed by atoms with Crippen LogP contribution in [0.2, 0.25) is 10.0 Å². The van der Waals surface area contributed by atoms with Gasteiger partial charge in [-0.15, -0.1) is 0 Å². The Balaban J connectivity index is 1.49. The second kappa shape index (κ2) is 11.2. The van der Waals surface area contributed by atoms with Gasteiger partial charge in [-0.25, -0.2) is 4.79 Å². The number of amides is 1. The van der Waals surface area contributed by atoms with Gasteiger partial charge < -0.3 is 15.4 Å². The SMILES string of the molecule is CCOC(=O)C(Cc1ccc(NC(=O)c2c(Cl)cncc2Cl)cc1)NC1=CC(=O)C1(C)c1ccccc1. The number of benzene rings is 2. The number of nitrogens with one attached hydrogen (secondary N) is 2. The highest BCUT2D eigenvalue weighted by Gasteiger charge is 2.46. The number of hydrogen-bond donors (Lipinski definition) is 2. The van der Waals surface area contributed by atoms with Crippen molar-refractivity contribution in [2.24, 2.45) is 0 Å². The maximum absolute atomic E-state index is 12.8. The summed E-state index contributed by atoms with van der Waals surface area (Å²) in [6, 6.07) is 15.8. The van der Waals surface area contributed by atoms with Crippen LogP contribution in [0.5, 0.6) is 0 Å². The van der Waals surface area contributed by atoms with Crippen molar-refractivity contribution in [2.45, 2.75) is 31.7 Å². The third-order valence-corrected chi connectivity index (χ3v) is 6.86. The van der Waals surface area contributed by atoms with E-state index < -0.39 is 23.3 Å². The normalized spacial score (nSPS) is 17.3. The zero-order chi connectivity index (χ0) is 26.6. The lowest BCUT2D eigenvalue weighted by molar-refractivity contribution is -0.145. The van der Waals surface area contributed by atoms with E-state index in [2.05, 4.69) is 15.6 Å². The van der Waals surface area contributed by atoms with Crippen molar-refractivity contribution in [1.82, 2.24) is 10.3 Å². The number of nitrogens with zero attached hydrogens (tertiary/aromatic N) is 1. The molecule has 3 aromatic rings. The molecule has 0 radical (unpaired) electrons. The summed E-state index contributed by atoms with van der Waals surface area (Å²) in [7, 11) is 0. The molecule has 2 atom stereocenters. The number of allylic oxidation sites excluding steroid dienone is 2. The van der Waals surface area contributed by atoms with Gasteiger partial charge in [0, 0.05) is 36.3 Å². The fraction of sp³-hybridized carbons (Fsp3) is 0.214. The van der Waals surface area contributed by atoms with Gasteiger partial charge in [-0.1, -0.05) is 65.7 Å². The molecule has 2 aromatic carbocycles. The number of esters is 1. The van der Waals surface area contributed by atoms with E-state index in [-0.39, 0.29) is 28.0 Å². The first-order chi connectivity index (χ1) is 17.7. The predicted molar refractivity (Wildman–Crippen MR) is 143 cm³/mol. The smallest absolute Gasteiger partial charge is 0.328 e. The number of pyridine rings is 1. The minimum Gasteiger partial charge on any atom is -0.464 e. The Morgan fingerprint density at radius 3 is 2.27 bits per heavy atom. The molecule has 1 aliphatic rings. The average Bonchev–Trinajstić information content (AvgIpc) is 2.89. The number of aromatic nitrogens is 1. The summed E-state index contributed by atoms with van der Waals surface area (Å²) in [5.41, 5.74) is 2.16. The molecule has 2 N–H and O–H groups in total. The highest BCUT2D eigenvalue weighted by molar-refractivity contribution is 6.40. The van der Waals surface area contributed by atoms with E-state index >= 15 is 0 Å². The van der Waals surface area contributed by atoms with Crippen molar-refractivity contribution >= 4 is 46.5 Å². The van der Waals surface area contributed by atoms with E-state index in [0.717, 1.165) is 11.1 Å². The number of rotatable bonds is 9. The Labute approximate surface area is 224 Å². The Morgan fingerprint density at radius 1 is 1.03 bits per heavy atom. The van der Waals surface area contributed by atoms with Crippen molar-refractivity contribution in [3.63, 3.8) is 0 Å². The van der Waals surface area contributed by atoms with Crippen molar-refractivity contribution in [3.05, 3.63) is 105 Å². The fourth-order valence-electron chi connectivity index (χ4n) is 4.14. The van der Waals surface area contributed by atoms with E-state index in [1.54, 1.807) is 31.2 Å². The number of ether oxygens (including phenoxy) is 1. The van der Waals surface area contributed by atoms with Gasteiger partial charge in [-0.05, 0) is 37.1 Å². The molecule has 0 saturated heterocycles. The first kappa shape index (κ1) is 26.4. The van der Waals surface area contributed by atoms with Gasteiger partial charge in [0.2, 0.25) is 0 Å². The number of anilines is 1. The topological polar surface area (TPSA) is 97.4 Å². The molecule has 190 valence electrons. The highest BCUT2D eigenvalue weighted by atomic mass is 35.5. The average molecular weight is 538 g/mol. The molecule has 1 amide bonds. The maximum Gasteiger partial charge on any atom is 0.328 e. The summed E-state index contributed by atoms with van der Waals surface area (Å²) in [5, 5.41) is 6.30. The van der Waals surface area contributed by atoms with Crippen LogP contribution in [0.25, 0.3) is 0 Å². The number of hydrogen-bond acceptors (Lipinski definition) is 6. The maximum atomic E-state index is 12.8. The van der Waals surface area contributed by atoms with Crippen LogP contribution in [0.1, 0.15) is 35.3 Å². The molecule has 4 rings (SSSR count). The van der Waals surface area contributed by atoms with E-state index in [4.69, 9.17) is 27.9 Å². The lowest BCUT2D eigenvalue weighted by atomic mass is 9.68. The van der Waals surface area contributed by atoms with Crippen LogP contribution < -0.4 is 10.6 Å². The summed E-state index contributed by atoms with van der Waals surface area (Å²) < 4.78 is 5.29. The van der Waals surface area contributed by atoms with Crippen molar-refractivity contribution in [3.8, 4) is 0 Å². The molecule has 7 nitrogen and oxygen atoms in total. The van der Waals surface area contributed by atoms with E-state index in [1.807, 2.05) is 37.3 Å². The third kappa shape index (κ3) is 5.53. The summed E-state index contributed by atoms with van der Waals surface area (Å²) in [6.45, 7) is 3.82. The molecule has 0 bridgehead atoms. The van der Waals surface area contributed by atoms with Gasteiger partial charge in [0.15, 0.2) is 5.78 Å². The molecular weight excluding hydrogens is 513 g/mol. The molecule has 37 heavy (non-hydrogen) atoms. The van der Waals surface area contributed by atoms with Crippen LogP contribution in [0.4, 0.5) is 5.69 Å². The Kier molecular flexibility index (Phi) is 7.95. The van der Waals surface area contributed by atoms with E-state index in [9.17, 15) is 14.4 Å². The Morgan fingerprint density at radius 2 is 1.68 bits per heavy atom. The Hall–Kier alpha value is -3.68. The lowest BCUT2D eigenvalue weighted by Crippen LogP contribution is -2.52. The van der Waals surface area contributed by atoms with Crippen molar-refractivity contribution in [1.29, 1.82) is 0 Å². The molecule has 2 unspecified atom stereocenters. The molecule has 0 spiro atoms. The molecule has 0 aliphatic heterocycles.